The molecule has 2 N–H and O–H groups in total. The number of hydrogen-bond acceptors (Lipinski definition) is 3. The van der Waals surface area contributed by atoms with Gasteiger partial charge in [-0.15, -0.1) is 11.3 Å². The summed E-state index contributed by atoms with van der Waals surface area (Å²) in [4.78, 5) is 12.9. The zero-order valence-corrected chi connectivity index (χ0v) is 12.0. The van der Waals surface area contributed by atoms with Gasteiger partial charge in [0.25, 0.3) is 5.91 Å². The number of carbonyl (C=O) groups excluding carboxylic acids is 1. The summed E-state index contributed by atoms with van der Waals surface area (Å²) in [6.45, 7) is 3.47. The van der Waals surface area contributed by atoms with E-state index in [9.17, 15) is 4.79 Å². The third kappa shape index (κ3) is 3.43. The lowest BCUT2D eigenvalue weighted by Crippen LogP contribution is -2.30. The number of nitrogens with one attached hydrogen (secondary N) is 2. The summed E-state index contributed by atoms with van der Waals surface area (Å²) in [5, 5.41) is 7.89. The molecule has 1 aromatic heterocycles. The molecule has 2 aromatic rings. The number of benzene rings is 1. The molecule has 1 aromatic carbocycles. The van der Waals surface area contributed by atoms with Gasteiger partial charge in [-0.3, -0.25) is 4.79 Å². The first-order valence-electron chi connectivity index (χ1n) is 6.29. The second-order valence-corrected chi connectivity index (χ2v) is 5.30. The molecular weight excluding hydrogens is 256 g/mol. The van der Waals surface area contributed by atoms with Crippen LogP contribution in [-0.2, 0) is 0 Å². The molecule has 0 aliphatic carbocycles. The Morgan fingerprint density at radius 2 is 1.89 bits per heavy atom. The van der Waals surface area contributed by atoms with Gasteiger partial charge in [-0.25, -0.2) is 0 Å². The van der Waals surface area contributed by atoms with Gasteiger partial charge in [0.05, 0.1) is 4.88 Å². The van der Waals surface area contributed by atoms with Gasteiger partial charge in [-0.05, 0) is 31.0 Å². The quantitative estimate of drug-likeness (QED) is 0.823. The van der Waals surface area contributed by atoms with E-state index < -0.39 is 0 Å². The first-order chi connectivity index (χ1) is 9.22. The van der Waals surface area contributed by atoms with Gasteiger partial charge in [0, 0.05) is 18.7 Å². The average molecular weight is 274 g/mol. The van der Waals surface area contributed by atoms with E-state index in [-0.39, 0.29) is 5.91 Å². The lowest BCUT2D eigenvalue weighted by Gasteiger charge is -2.06. The molecule has 0 bridgehead atoms. The Labute approximate surface area is 117 Å². The minimum atomic E-state index is 0.000764. The third-order valence-electron chi connectivity index (χ3n) is 2.89. The Balaban J connectivity index is 2.17. The molecule has 4 heteroatoms. The molecule has 0 saturated heterocycles. The molecule has 100 valence electrons. The summed E-state index contributed by atoms with van der Waals surface area (Å²) < 4.78 is 0. The summed E-state index contributed by atoms with van der Waals surface area (Å²) in [7, 11) is 1.87. The Kier molecular flexibility index (Phi) is 4.71. The summed E-state index contributed by atoms with van der Waals surface area (Å²) in [5.41, 5.74) is 3.32. The molecule has 19 heavy (non-hydrogen) atoms. The van der Waals surface area contributed by atoms with Crippen LogP contribution in [-0.4, -0.2) is 26.0 Å². The van der Waals surface area contributed by atoms with Gasteiger partial charge in [0.2, 0.25) is 0 Å². The molecule has 0 aliphatic rings. The number of amides is 1. The molecule has 0 unspecified atom stereocenters. The van der Waals surface area contributed by atoms with E-state index in [1.54, 1.807) is 0 Å². The molecular formula is C15H18N2OS. The Morgan fingerprint density at radius 1 is 1.16 bits per heavy atom. The van der Waals surface area contributed by atoms with Crippen LogP contribution in [0.5, 0.6) is 0 Å². The van der Waals surface area contributed by atoms with Crippen molar-refractivity contribution in [3.05, 3.63) is 46.2 Å². The van der Waals surface area contributed by atoms with Gasteiger partial charge in [-0.2, -0.15) is 0 Å². The van der Waals surface area contributed by atoms with Crippen molar-refractivity contribution >= 4 is 17.2 Å². The number of carbonyl (C=O) groups is 1. The van der Waals surface area contributed by atoms with Crippen LogP contribution in [0.2, 0.25) is 0 Å². The number of aryl methyl sites for hydroxylation is 1. The van der Waals surface area contributed by atoms with E-state index in [2.05, 4.69) is 41.8 Å². The number of rotatable bonds is 5. The maximum absolute atomic E-state index is 12.1. The van der Waals surface area contributed by atoms with E-state index in [0.29, 0.717) is 6.54 Å². The number of hydrogen-bond donors (Lipinski definition) is 2. The second kappa shape index (κ2) is 6.50. The average Bonchev–Trinajstić information content (AvgIpc) is 2.89. The molecule has 1 heterocycles. The minimum Gasteiger partial charge on any atom is -0.350 e. The first kappa shape index (κ1) is 13.8. The van der Waals surface area contributed by atoms with Gasteiger partial charge in [0.15, 0.2) is 0 Å². The fourth-order valence-corrected chi connectivity index (χ4v) is 2.66. The SMILES string of the molecule is CNCCNC(=O)c1sccc1-c1ccc(C)cc1. The lowest BCUT2D eigenvalue weighted by molar-refractivity contribution is 0.0959. The first-order valence-corrected chi connectivity index (χ1v) is 7.17. The van der Waals surface area contributed by atoms with Gasteiger partial charge < -0.3 is 10.6 Å². The van der Waals surface area contributed by atoms with Crippen LogP contribution in [0.25, 0.3) is 11.1 Å². The normalized spacial score (nSPS) is 10.4. The van der Waals surface area contributed by atoms with Crippen molar-refractivity contribution in [2.45, 2.75) is 6.92 Å². The van der Waals surface area contributed by atoms with Crippen LogP contribution >= 0.6 is 11.3 Å². The molecule has 3 nitrogen and oxygen atoms in total. The third-order valence-corrected chi connectivity index (χ3v) is 3.81. The highest BCUT2D eigenvalue weighted by Crippen LogP contribution is 2.28. The van der Waals surface area contributed by atoms with Gasteiger partial charge in [0.1, 0.15) is 0 Å². The van der Waals surface area contributed by atoms with Crippen LogP contribution in [0.15, 0.2) is 35.7 Å². The van der Waals surface area contributed by atoms with Gasteiger partial charge >= 0.3 is 0 Å². The molecule has 2 rings (SSSR count). The van der Waals surface area contributed by atoms with Crippen LogP contribution < -0.4 is 10.6 Å². The van der Waals surface area contributed by atoms with Crippen molar-refractivity contribution in [3.63, 3.8) is 0 Å². The summed E-state index contributed by atoms with van der Waals surface area (Å²) >= 11 is 1.48. The predicted octanol–water partition coefficient (Wildman–Crippen LogP) is 2.67. The Hall–Kier alpha value is -1.65. The zero-order chi connectivity index (χ0) is 13.7. The van der Waals surface area contributed by atoms with Crippen molar-refractivity contribution in [2.24, 2.45) is 0 Å². The second-order valence-electron chi connectivity index (χ2n) is 4.39. The predicted molar refractivity (Wildman–Crippen MR) is 80.8 cm³/mol. The molecule has 0 fully saturated rings. The fourth-order valence-electron chi connectivity index (χ4n) is 1.83. The minimum absolute atomic E-state index is 0.000764. The number of thiophene rings is 1. The van der Waals surface area contributed by atoms with E-state index in [1.165, 1.54) is 16.9 Å². The molecule has 0 atom stereocenters. The molecule has 0 aliphatic heterocycles. The maximum atomic E-state index is 12.1. The number of likely N-dealkylation sites (N-methyl/N-ethyl adjacent to an activating group) is 1. The largest absolute Gasteiger partial charge is 0.350 e. The van der Waals surface area contributed by atoms with Crippen LogP contribution in [0, 0.1) is 6.92 Å². The summed E-state index contributed by atoms with van der Waals surface area (Å²) in [5.74, 6) is 0.000764. The van der Waals surface area contributed by atoms with Crippen LogP contribution in [0.1, 0.15) is 15.2 Å². The summed E-state index contributed by atoms with van der Waals surface area (Å²) in [6.07, 6.45) is 0. The van der Waals surface area contributed by atoms with Crippen molar-refractivity contribution < 1.29 is 4.79 Å². The van der Waals surface area contributed by atoms with Crippen molar-refractivity contribution in [1.82, 2.24) is 10.6 Å². The maximum Gasteiger partial charge on any atom is 0.262 e. The Bertz CT molecular complexity index is 546. The molecule has 0 spiro atoms. The topological polar surface area (TPSA) is 41.1 Å². The monoisotopic (exact) mass is 274 g/mol. The van der Waals surface area contributed by atoms with Crippen LogP contribution in [0.4, 0.5) is 0 Å². The summed E-state index contributed by atoms with van der Waals surface area (Å²) in [6, 6.07) is 10.2. The molecule has 0 radical (unpaired) electrons. The van der Waals surface area contributed by atoms with E-state index >= 15 is 0 Å². The highest BCUT2D eigenvalue weighted by Gasteiger charge is 2.13. The Morgan fingerprint density at radius 3 is 2.58 bits per heavy atom. The standard InChI is InChI=1S/C15H18N2OS/c1-11-3-5-12(6-4-11)13-7-10-19-14(13)15(18)17-9-8-16-2/h3-7,10,16H,8-9H2,1-2H3,(H,17,18). The molecule has 1 amide bonds. The van der Waals surface area contributed by atoms with Crippen molar-refractivity contribution in [2.75, 3.05) is 20.1 Å². The van der Waals surface area contributed by atoms with Crippen LogP contribution in [0.3, 0.4) is 0 Å². The molecule has 0 saturated carbocycles. The van der Waals surface area contributed by atoms with E-state index in [1.807, 2.05) is 18.5 Å². The van der Waals surface area contributed by atoms with Gasteiger partial charge in [-0.1, -0.05) is 29.8 Å². The highest BCUT2D eigenvalue weighted by molar-refractivity contribution is 7.12. The van der Waals surface area contributed by atoms with E-state index in [4.69, 9.17) is 0 Å². The zero-order valence-electron chi connectivity index (χ0n) is 11.2. The highest BCUT2D eigenvalue weighted by atomic mass is 32.1. The lowest BCUT2D eigenvalue weighted by atomic mass is 10.0. The van der Waals surface area contributed by atoms with Crippen molar-refractivity contribution in [1.29, 1.82) is 0 Å². The smallest absolute Gasteiger partial charge is 0.262 e. The van der Waals surface area contributed by atoms with E-state index in [0.717, 1.165) is 22.5 Å². The fraction of sp³-hybridized carbons (Fsp3) is 0.267. The van der Waals surface area contributed by atoms with Crippen molar-refractivity contribution in [3.8, 4) is 11.1 Å².